The van der Waals surface area contributed by atoms with Gasteiger partial charge in [-0.3, -0.25) is 4.79 Å². The standard InChI is InChI=1S/C14H18ClNO2/c1-3-18-13-5-4-10(2)6-12(13)16-9-11(8-15)7-14(16)17/h4-6,11H,3,7-9H2,1-2H3. The third-order valence-corrected chi connectivity index (χ3v) is 3.56. The fourth-order valence-electron chi connectivity index (χ4n) is 2.23. The summed E-state index contributed by atoms with van der Waals surface area (Å²) in [6, 6.07) is 5.92. The van der Waals surface area contributed by atoms with Crippen LogP contribution in [0.15, 0.2) is 18.2 Å². The maximum absolute atomic E-state index is 12.0. The van der Waals surface area contributed by atoms with Gasteiger partial charge >= 0.3 is 0 Å². The number of carbonyl (C=O) groups excluding carboxylic acids is 1. The molecule has 0 spiro atoms. The van der Waals surface area contributed by atoms with E-state index < -0.39 is 0 Å². The average molecular weight is 268 g/mol. The van der Waals surface area contributed by atoms with Crippen LogP contribution >= 0.6 is 11.6 Å². The molecule has 1 aliphatic heterocycles. The molecule has 1 saturated heterocycles. The van der Waals surface area contributed by atoms with Gasteiger partial charge in [0.1, 0.15) is 5.75 Å². The lowest BCUT2D eigenvalue weighted by Gasteiger charge is -2.20. The molecule has 1 aromatic rings. The Bertz CT molecular complexity index is 447. The summed E-state index contributed by atoms with van der Waals surface area (Å²) in [5.41, 5.74) is 1.99. The van der Waals surface area contributed by atoms with Gasteiger partial charge in [0.2, 0.25) is 5.91 Å². The molecule has 0 saturated carbocycles. The Balaban J connectivity index is 2.31. The van der Waals surface area contributed by atoms with E-state index in [1.54, 1.807) is 4.90 Å². The third kappa shape index (κ3) is 2.61. The highest BCUT2D eigenvalue weighted by molar-refractivity contribution is 6.18. The Morgan fingerprint density at radius 1 is 1.50 bits per heavy atom. The highest BCUT2D eigenvalue weighted by Crippen LogP contribution is 2.34. The van der Waals surface area contributed by atoms with Gasteiger partial charge in [0.05, 0.1) is 12.3 Å². The van der Waals surface area contributed by atoms with Crippen LogP contribution in [0.1, 0.15) is 18.9 Å². The van der Waals surface area contributed by atoms with E-state index in [1.807, 2.05) is 32.0 Å². The maximum Gasteiger partial charge on any atom is 0.227 e. The molecule has 1 aromatic carbocycles. The number of rotatable bonds is 4. The van der Waals surface area contributed by atoms with Crippen molar-refractivity contribution in [3.05, 3.63) is 23.8 Å². The fourth-order valence-corrected chi connectivity index (χ4v) is 2.44. The SMILES string of the molecule is CCOc1ccc(C)cc1N1CC(CCl)CC1=O. The van der Waals surface area contributed by atoms with Gasteiger partial charge in [-0.2, -0.15) is 0 Å². The summed E-state index contributed by atoms with van der Waals surface area (Å²) in [5, 5.41) is 0. The number of anilines is 1. The third-order valence-electron chi connectivity index (χ3n) is 3.13. The second-order valence-corrected chi connectivity index (χ2v) is 4.94. The lowest BCUT2D eigenvalue weighted by Crippen LogP contribution is -2.25. The largest absolute Gasteiger partial charge is 0.492 e. The Morgan fingerprint density at radius 3 is 2.89 bits per heavy atom. The van der Waals surface area contributed by atoms with Crippen molar-refractivity contribution in [2.75, 3.05) is 23.9 Å². The van der Waals surface area contributed by atoms with Gasteiger partial charge < -0.3 is 9.64 Å². The summed E-state index contributed by atoms with van der Waals surface area (Å²) in [4.78, 5) is 13.8. The Kier molecular flexibility index (Phi) is 4.12. The molecule has 2 rings (SSSR count). The number of hydrogen-bond donors (Lipinski definition) is 0. The number of benzene rings is 1. The minimum Gasteiger partial charge on any atom is -0.492 e. The lowest BCUT2D eigenvalue weighted by atomic mass is 10.1. The van der Waals surface area contributed by atoms with Crippen LogP contribution in [0.3, 0.4) is 0 Å². The zero-order valence-electron chi connectivity index (χ0n) is 10.8. The second-order valence-electron chi connectivity index (χ2n) is 4.63. The molecule has 1 aliphatic rings. The number of aryl methyl sites for hydroxylation is 1. The van der Waals surface area contributed by atoms with Crippen molar-refractivity contribution in [3.63, 3.8) is 0 Å². The smallest absolute Gasteiger partial charge is 0.227 e. The number of ether oxygens (including phenoxy) is 1. The van der Waals surface area contributed by atoms with Crippen molar-refractivity contribution in [1.29, 1.82) is 0 Å². The van der Waals surface area contributed by atoms with Gasteiger partial charge in [0.15, 0.2) is 0 Å². The molecule has 1 heterocycles. The first-order valence-corrected chi connectivity index (χ1v) is 6.79. The highest BCUT2D eigenvalue weighted by Gasteiger charge is 2.31. The molecule has 0 radical (unpaired) electrons. The molecule has 0 aromatic heterocycles. The van der Waals surface area contributed by atoms with Crippen LogP contribution in [0.4, 0.5) is 5.69 Å². The number of alkyl halides is 1. The van der Waals surface area contributed by atoms with E-state index in [9.17, 15) is 4.79 Å². The second kappa shape index (κ2) is 5.61. The van der Waals surface area contributed by atoms with Crippen LogP contribution in [0.5, 0.6) is 5.75 Å². The highest BCUT2D eigenvalue weighted by atomic mass is 35.5. The number of nitrogens with zero attached hydrogens (tertiary/aromatic N) is 1. The van der Waals surface area contributed by atoms with Gasteiger partial charge in [-0.1, -0.05) is 6.07 Å². The molecule has 3 nitrogen and oxygen atoms in total. The molecule has 0 N–H and O–H groups in total. The summed E-state index contributed by atoms with van der Waals surface area (Å²) in [5.74, 6) is 1.67. The van der Waals surface area contributed by atoms with Gasteiger partial charge in [-0.25, -0.2) is 0 Å². The first-order valence-electron chi connectivity index (χ1n) is 6.25. The molecule has 1 unspecified atom stereocenters. The molecule has 18 heavy (non-hydrogen) atoms. The predicted octanol–water partition coefficient (Wildman–Crippen LogP) is 2.99. The molecule has 98 valence electrons. The first kappa shape index (κ1) is 13.2. The number of halogens is 1. The van der Waals surface area contributed by atoms with Gasteiger partial charge in [0, 0.05) is 18.8 Å². The van der Waals surface area contributed by atoms with Gasteiger partial charge in [-0.15, -0.1) is 11.6 Å². The predicted molar refractivity (Wildman–Crippen MR) is 73.5 cm³/mol. The van der Waals surface area contributed by atoms with Gasteiger partial charge in [-0.05, 0) is 37.5 Å². The Labute approximate surface area is 113 Å². The minimum atomic E-state index is 0.132. The molecular formula is C14H18ClNO2. The van der Waals surface area contributed by atoms with Crippen molar-refractivity contribution >= 4 is 23.2 Å². The zero-order chi connectivity index (χ0) is 13.1. The summed E-state index contributed by atoms with van der Waals surface area (Å²) in [6.45, 7) is 5.23. The average Bonchev–Trinajstić information content (AvgIpc) is 2.73. The van der Waals surface area contributed by atoms with E-state index in [1.165, 1.54) is 0 Å². The van der Waals surface area contributed by atoms with E-state index in [0.29, 0.717) is 25.5 Å². The number of hydrogen-bond acceptors (Lipinski definition) is 2. The van der Waals surface area contributed by atoms with Crippen LogP contribution in [0, 0.1) is 12.8 Å². The van der Waals surface area contributed by atoms with Crippen LogP contribution in [-0.2, 0) is 4.79 Å². The molecule has 0 aliphatic carbocycles. The topological polar surface area (TPSA) is 29.5 Å². The van der Waals surface area contributed by atoms with Crippen molar-refractivity contribution in [2.24, 2.45) is 5.92 Å². The quantitative estimate of drug-likeness (QED) is 0.785. The molecular weight excluding hydrogens is 250 g/mol. The summed E-state index contributed by atoms with van der Waals surface area (Å²) in [6.07, 6.45) is 0.531. The van der Waals surface area contributed by atoms with Crippen molar-refractivity contribution < 1.29 is 9.53 Å². The lowest BCUT2D eigenvalue weighted by molar-refractivity contribution is -0.117. The molecule has 0 bridgehead atoms. The summed E-state index contributed by atoms with van der Waals surface area (Å²) < 4.78 is 5.59. The summed E-state index contributed by atoms with van der Waals surface area (Å²) >= 11 is 5.85. The van der Waals surface area contributed by atoms with Crippen LogP contribution in [0.25, 0.3) is 0 Å². The monoisotopic (exact) mass is 267 g/mol. The zero-order valence-corrected chi connectivity index (χ0v) is 11.5. The molecule has 1 fully saturated rings. The van der Waals surface area contributed by atoms with E-state index in [2.05, 4.69) is 0 Å². The Morgan fingerprint density at radius 2 is 2.28 bits per heavy atom. The molecule has 4 heteroatoms. The van der Waals surface area contributed by atoms with Crippen LogP contribution < -0.4 is 9.64 Å². The maximum atomic E-state index is 12.0. The molecule has 1 amide bonds. The first-order chi connectivity index (χ1) is 8.65. The van der Waals surface area contributed by atoms with Crippen molar-refractivity contribution in [1.82, 2.24) is 0 Å². The van der Waals surface area contributed by atoms with E-state index >= 15 is 0 Å². The van der Waals surface area contributed by atoms with E-state index in [4.69, 9.17) is 16.3 Å². The normalized spacial score (nSPS) is 19.4. The van der Waals surface area contributed by atoms with Crippen molar-refractivity contribution in [2.45, 2.75) is 20.3 Å². The number of amides is 1. The van der Waals surface area contributed by atoms with Gasteiger partial charge in [0.25, 0.3) is 0 Å². The molecule has 1 atom stereocenters. The van der Waals surface area contributed by atoms with Crippen molar-refractivity contribution in [3.8, 4) is 5.75 Å². The Hall–Kier alpha value is -1.22. The van der Waals surface area contributed by atoms with E-state index in [0.717, 1.165) is 17.0 Å². The summed E-state index contributed by atoms with van der Waals surface area (Å²) in [7, 11) is 0. The number of carbonyl (C=O) groups is 1. The van der Waals surface area contributed by atoms with Crippen LogP contribution in [-0.4, -0.2) is 24.9 Å². The van der Waals surface area contributed by atoms with Crippen LogP contribution in [0.2, 0.25) is 0 Å². The fraction of sp³-hybridized carbons (Fsp3) is 0.500. The minimum absolute atomic E-state index is 0.132. The van der Waals surface area contributed by atoms with E-state index in [-0.39, 0.29) is 11.8 Å².